The molecule has 82 valence electrons. The van der Waals surface area contributed by atoms with Gasteiger partial charge in [-0.05, 0) is 12.5 Å². The first kappa shape index (κ1) is 11.6. The molecule has 0 bridgehead atoms. The fraction of sp³-hybridized carbons (Fsp3) is 0.250. The third-order valence-electron chi connectivity index (χ3n) is 2.00. The SMILES string of the molecule is C=C1C(=O)NC(=O)C(CS(=O)(=O)[O-])=C1C. The molecule has 0 fully saturated rings. The number of hydrogen-bond donors (Lipinski definition) is 1. The molecule has 6 nitrogen and oxygen atoms in total. The van der Waals surface area contributed by atoms with Crippen LogP contribution in [0.4, 0.5) is 0 Å². The standard InChI is InChI=1S/C8H9NO5S/c1-4-5(2)7(10)9-8(11)6(4)3-15(12,13)14/h2-3H2,1H3,(H,9,10,11)(H,12,13,14)/p-1. The van der Waals surface area contributed by atoms with Crippen LogP contribution in [-0.2, 0) is 19.7 Å². The molecule has 2 amide bonds. The molecule has 0 aromatic heterocycles. The molecule has 7 heteroatoms. The lowest BCUT2D eigenvalue weighted by molar-refractivity contribution is -0.126. The predicted molar refractivity (Wildman–Crippen MR) is 49.6 cm³/mol. The molecule has 0 aromatic carbocycles. The lowest BCUT2D eigenvalue weighted by Gasteiger charge is -2.19. The van der Waals surface area contributed by atoms with Crippen molar-refractivity contribution in [2.45, 2.75) is 6.92 Å². The van der Waals surface area contributed by atoms with Crippen LogP contribution >= 0.6 is 0 Å². The van der Waals surface area contributed by atoms with Crippen molar-refractivity contribution >= 4 is 21.9 Å². The Labute approximate surface area is 86.4 Å². The minimum Gasteiger partial charge on any atom is -0.748 e. The zero-order chi connectivity index (χ0) is 11.8. The minimum atomic E-state index is -4.55. The molecule has 0 aliphatic carbocycles. The van der Waals surface area contributed by atoms with Crippen molar-refractivity contribution in [1.82, 2.24) is 5.32 Å². The number of hydrogen-bond acceptors (Lipinski definition) is 5. The molecule has 15 heavy (non-hydrogen) atoms. The fourth-order valence-corrected chi connectivity index (χ4v) is 1.83. The smallest absolute Gasteiger partial charge is 0.257 e. The van der Waals surface area contributed by atoms with Crippen LogP contribution in [0.1, 0.15) is 6.92 Å². The second kappa shape index (κ2) is 3.59. The van der Waals surface area contributed by atoms with E-state index in [9.17, 15) is 22.6 Å². The van der Waals surface area contributed by atoms with Gasteiger partial charge < -0.3 is 4.55 Å². The predicted octanol–water partition coefficient (Wildman–Crippen LogP) is -0.939. The van der Waals surface area contributed by atoms with Crippen LogP contribution in [0.25, 0.3) is 0 Å². The van der Waals surface area contributed by atoms with Crippen LogP contribution in [0.3, 0.4) is 0 Å². The molecule has 0 aromatic rings. The molecule has 0 spiro atoms. The lowest BCUT2D eigenvalue weighted by atomic mass is 9.99. The molecule has 1 rings (SSSR count). The summed E-state index contributed by atoms with van der Waals surface area (Å²) in [4.78, 5) is 22.2. The normalized spacial score (nSPS) is 18.1. The summed E-state index contributed by atoms with van der Waals surface area (Å²) >= 11 is 0. The van der Waals surface area contributed by atoms with Gasteiger partial charge in [0.15, 0.2) is 0 Å². The summed E-state index contributed by atoms with van der Waals surface area (Å²) in [5.41, 5.74) is -0.0916. The molecular formula is C8H8NO5S-. The monoisotopic (exact) mass is 230 g/mol. The van der Waals surface area contributed by atoms with E-state index in [1.54, 1.807) is 0 Å². The summed E-state index contributed by atoms with van der Waals surface area (Å²) < 4.78 is 31.5. The van der Waals surface area contributed by atoms with E-state index in [1.807, 2.05) is 5.32 Å². The zero-order valence-corrected chi connectivity index (χ0v) is 8.68. The largest absolute Gasteiger partial charge is 0.748 e. The number of imide groups is 1. The summed E-state index contributed by atoms with van der Waals surface area (Å²) in [5, 5.41) is 1.89. The van der Waals surface area contributed by atoms with E-state index in [0.29, 0.717) is 0 Å². The van der Waals surface area contributed by atoms with Gasteiger partial charge >= 0.3 is 0 Å². The third kappa shape index (κ3) is 2.51. The highest BCUT2D eigenvalue weighted by molar-refractivity contribution is 7.85. The van der Waals surface area contributed by atoms with E-state index in [2.05, 4.69) is 6.58 Å². The number of carbonyl (C=O) groups excluding carboxylic acids is 2. The van der Waals surface area contributed by atoms with Crippen molar-refractivity contribution in [3.63, 3.8) is 0 Å². The summed E-state index contributed by atoms with van der Waals surface area (Å²) in [6.45, 7) is 4.75. The van der Waals surface area contributed by atoms with Gasteiger partial charge in [0.1, 0.15) is 0 Å². The van der Waals surface area contributed by atoms with Crippen LogP contribution in [0.5, 0.6) is 0 Å². The Morgan fingerprint density at radius 1 is 1.33 bits per heavy atom. The van der Waals surface area contributed by atoms with Gasteiger partial charge in [0, 0.05) is 11.1 Å². The summed E-state index contributed by atoms with van der Waals surface area (Å²) in [7, 11) is -4.55. The summed E-state index contributed by atoms with van der Waals surface area (Å²) in [5.74, 6) is -2.47. The van der Waals surface area contributed by atoms with Gasteiger partial charge in [-0.2, -0.15) is 0 Å². The van der Waals surface area contributed by atoms with Crippen molar-refractivity contribution < 1.29 is 22.6 Å². The summed E-state index contributed by atoms with van der Waals surface area (Å²) in [6.07, 6.45) is 0. The van der Waals surface area contributed by atoms with Crippen LogP contribution in [0, 0.1) is 0 Å². The van der Waals surface area contributed by atoms with Gasteiger partial charge in [0.05, 0.1) is 15.9 Å². The zero-order valence-electron chi connectivity index (χ0n) is 7.86. The molecule has 0 atom stereocenters. The first-order valence-electron chi connectivity index (χ1n) is 3.90. The van der Waals surface area contributed by atoms with E-state index in [-0.39, 0.29) is 16.7 Å². The van der Waals surface area contributed by atoms with Gasteiger partial charge in [-0.15, -0.1) is 0 Å². The number of amides is 2. The highest BCUT2D eigenvalue weighted by atomic mass is 32.2. The molecular weight excluding hydrogens is 222 g/mol. The van der Waals surface area contributed by atoms with Crippen molar-refractivity contribution in [3.05, 3.63) is 23.3 Å². The Balaban J connectivity index is 3.20. The number of carbonyl (C=O) groups is 2. The van der Waals surface area contributed by atoms with Crippen LogP contribution < -0.4 is 5.32 Å². The van der Waals surface area contributed by atoms with E-state index >= 15 is 0 Å². The number of rotatable bonds is 2. The quantitative estimate of drug-likeness (QED) is 0.374. The maximum absolute atomic E-state index is 11.2. The average molecular weight is 230 g/mol. The van der Waals surface area contributed by atoms with Crippen molar-refractivity contribution in [2.75, 3.05) is 5.75 Å². The highest BCUT2D eigenvalue weighted by Gasteiger charge is 2.26. The van der Waals surface area contributed by atoms with Gasteiger partial charge in [-0.25, -0.2) is 8.42 Å². The topological polar surface area (TPSA) is 103 Å². The molecule has 0 saturated carbocycles. The van der Waals surface area contributed by atoms with Gasteiger partial charge in [-0.1, -0.05) is 6.58 Å². The molecule has 1 aliphatic heterocycles. The first-order chi connectivity index (χ1) is 6.72. The van der Waals surface area contributed by atoms with E-state index in [4.69, 9.17) is 0 Å². The Bertz CT molecular complexity index is 485. The molecule has 1 aliphatic rings. The second-order valence-electron chi connectivity index (χ2n) is 3.07. The van der Waals surface area contributed by atoms with E-state index in [1.165, 1.54) is 6.92 Å². The Morgan fingerprint density at radius 2 is 1.87 bits per heavy atom. The van der Waals surface area contributed by atoms with Gasteiger partial charge in [-0.3, -0.25) is 14.9 Å². The van der Waals surface area contributed by atoms with E-state index < -0.39 is 27.7 Å². The maximum atomic E-state index is 11.2. The number of nitrogens with one attached hydrogen (secondary N) is 1. The van der Waals surface area contributed by atoms with Gasteiger partial charge in [0.25, 0.3) is 11.8 Å². The lowest BCUT2D eigenvalue weighted by Crippen LogP contribution is -2.39. The maximum Gasteiger partial charge on any atom is 0.257 e. The van der Waals surface area contributed by atoms with Gasteiger partial charge in [0.2, 0.25) is 0 Å². The average Bonchev–Trinajstić information content (AvgIpc) is 2.07. The fourth-order valence-electron chi connectivity index (χ4n) is 1.13. The molecule has 0 unspecified atom stereocenters. The summed E-state index contributed by atoms with van der Waals surface area (Å²) in [6, 6.07) is 0. The van der Waals surface area contributed by atoms with Crippen molar-refractivity contribution in [3.8, 4) is 0 Å². The molecule has 0 saturated heterocycles. The molecule has 1 N–H and O–H groups in total. The molecule has 1 heterocycles. The Hall–Kier alpha value is -1.47. The second-order valence-corrected chi connectivity index (χ2v) is 4.47. The van der Waals surface area contributed by atoms with Crippen molar-refractivity contribution in [2.24, 2.45) is 0 Å². The van der Waals surface area contributed by atoms with Crippen LogP contribution in [0.2, 0.25) is 0 Å². The van der Waals surface area contributed by atoms with E-state index in [0.717, 1.165) is 0 Å². The third-order valence-corrected chi connectivity index (χ3v) is 2.64. The first-order valence-corrected chi connectivity index (χ1v) is 5.48. The minimum absolute atomic E-state index is 0.00625. The highest BCUT2D eigenvalue weighted by Crippen LogP contribution is 2.19. The Morgan fingerprint density at radius 3 is 2.33 bits per heavy atom. The van der Waals surface area contributed by atoms with Crippen LogP contribution in [0.15, 0.2) is 23.3 Å². The van der Waals surface area contributed by atoms with Crippen molar-refractivity contribution in [1.29, 1.82) is 0 Å². The van der Waals surface area contributed by atoms with Crippen LogP contribution in [-0.4, -0.2) is 30.5 Å². The molecule has 0 radical (unpaired) electrons. The Kier molecular flexibility index (Phi) is 2.78.